The predicted molar refractivity (Wildman–Crippen MR) is 53.0 cm³/mol. The fraction of sp³-hybridized carbons (Fsp3) is 0.125. The van der Waals surface area contributed by atoms with E-state index in [1.165, 1.54) is 4.68 Å². The van der Waals surface area contributed by atoms with Crippen molar-refractivity contribution in [2.75, 3.05) is 0 Å². The molecule has 72 valence electrons. The molecule has 0 bridgehead atoms. The molecule has 5 nitrogen and oxygen atoms in total. The number of benzene rings is 1. The van der Waals surface area contributed by atoms with E-state index in [9.17, 15) is 0 Å². The first-order chi connectivity index (χ1) is 6.75. The minimum absolute atomic E-state index is 0.368. The molecule has 0 amide bonds. The highest BCUT2D eigenvalue weighted by molar-refractivity contribution is 9.10. The third-order valence-electron chi connectivity index (χ3n) is 1.60. The highest BCUT2D eigenvalue weighted by atomic mass is 79.9. The molecule has 0 aliphatic heterocycles. The van der Waals surface area contributed by atoms with Crippen molar-refractivity contribution in [1.82, 2.24) is 20.2 Å². The van der Waals surface area contributed by atoms with Gasteiger partial charge in [0.1, 0.15) is 5.75 Å². The van der Waals surface area contributed by atoms with E-state index in [0.717, 1.165) is 4.47 Å². The number of nitrogens with zero attached hydrogens (tertiary/aromatic N) is 4. The number of rotatable bonds is 2. The van der Waals surface area contributed by atoms with Crippen molar-refractivity contribution >= 4 is 15.9 Å². The lowest BCUT2D eigenvalue weighted by Crippen LogP contribution is -1.95. The molecule has 14 heavy (non-hydrogen) atoms. The zero-order valence-corrected chi connectivity index (χ0v) is 8.97. The summed E-state index contributed by atoms with van der Waals surface area (Å²) >= 11 is 3.34. The van der Waals surface area contributed by atoms with Gasteiger partial charge in [-0.15, -0.1) is 0 Å². The Morgan fingerprint density at radius 1 is 1.29 bits per heavy atom. The first-order valence-corrected chi connectivity index (χ1v) is 4.71. The average Bonchev–Trinajstić information content (AvgIpc) is 2.56. The van der Waals surface area contributed by atoms with Gasteiger partial charge in [0.25, 0.3) is 0 Å². The van der Waals surface area contributed by atoms with Crippen LogP contribution in [0, 0.1) is 0 Å². The van der Waals surface area contributed by atoms with Crippen LogP contribution in [0.4, 0.5) is 0 Å². The second-order valence-corrected chi connectivity index (χ2v) is 3.56. The van der Waals surface area contributed by atoms with Crippen molar-refractivity contribution in [2.45, 2.75) is 0 Å². The lowest BCUT2D eigenvalue weighted by molar-refractivity contribution is 0.414. The van der Waals surface area contributed by atoms with Crippen LogP contribution in [0.1, 0.15) is 0 Å². The SMILES string of the molecule is Cn1nnnc1Oc1ccc(Br)cc1. The predicted octanol–water partition coefficient (Wildman–Crippen LogP) is 1.76. The lowest BCUT2D eigenvalue weighted by Gasteiger charge is -2.01. The Bertz CT molecular complexity index is 425. The molecule has 1 heterocycles. The Kier molecular flexibility index (Phi) is 2.45. The van der Waals surface area contributed by atoms with Gasteiger partial charge >= 0.3 is 6.01 Å². The van der Waals surface area contributed by atoms with Crippen LogP contribution in [0.5, 0.6) is 11.8 Å². The Labute approximate surface area is 88.8 Å². The van der Waals surface area contributed by atoms with Gasteiger partial charge in [0.15, 0.2) is 0 Å². The van der Waals surface area contributed by atoms with Gasteiger partial charge in [-0.1, -0.05) is 21.0 Å². The molecule has 0 aliphatic carbocycles. The fourth-order valence-corrected chi connectivity index (χ4v) is 1.18. The normalized spacial score (nSPS) is 10.1. The van der Waals surface area contributed by atoms with E-state index in [-0.39, 0.29) is 0 Å². The summed E-state index contributed by atoms with van der Waals surface area (Å²) in [5.41, 5.74) is 0. The zero-order valence-electron chi connectivity index (χ0n) is 7.38. The van der Waals surface area contributed by atoms with Crippen molar-refractivity contribution in [3.63, 3.8) is 0 Å². The van der Waals surface area contributed by atoms with Crippen LogP contribution >= 0.6 is 15.9 Å². The average molecular weight is 255 g/mol. The number of hydrogen-bond acceptors (Lipinski definition) is 4. The molecule has 0 spiro atoms. The number of ether oxygens (including phenoxy) is 1. The van der Waals surface area contributed by atoms with Gasteiger partial charge < -0.3 is 4.74 Å². The van der Waals surface area contributed by atoms with Crippen molar-refractivity contribution in [2.24, 2.45) is 7.05 Å². The number of tetrazole rings is 1. The molecule has 0 radical (unpaired) electrons. The molecule has 0 fully saturated rings. The molecule has 1 aromatic heterocycles. The van der Waals surface area contributed by atoms with Crippen molar-refractivity contribution in [1.29, 1.82) is 0 Å². The molecule has 0 saturated carbocycles. The maximum atomic E-state index is 5.41. The van der Waals surface area contributed by atoms with Gasteiger partial charge in [0, 0.05) is 11.5 Å². The van der Waals surface area contributed by atoms with Gasteiger partial charge in [-0.3, -0.25) is 0 Å². The maximum Gasteiger partial charge on any atom is 0.340 e. The molecule has 2 aromatic rings. The van der Waals surface area contributed by atoms with Crippen molar-refractivity contribution in [3.8, 4) is 11.8 Å². The molecule has 0 aliphatic rings. The fourth-order valence-electron chi connectivity index (χ4n) is 0.916. The second kappa shape index (κ2) is 3.75. The van der Waals surface area contributed by atoms with Gasteiger partial charge in [-0.2, -0.15) is 4.68 Å². The minimum Gasteiger partial charge on any atom is -0.423 e. The third-order valence-corrected chi connectivity index (χ3v) is 2.13. The summed E-state index contributed by atoms with van der Waals surface area (Å²) in [6.07, 6.45) is 0. The van der Waals surface area contributed by atoms with Gasteiger partial charge in [-0.05, 0) is 34.7 Å². The molecule has 0 N–H and O–H groups in total. The van der Waals surface area contributed by atoms with Crippen LogP contribution in [0.25, 0.3) is 0 Å². The van der Waals surface area contributed by atoms with Crippen LogP contribution in [-0.2, 0) is 7.05 Å². The largest absolute Gasteiger partial charge is 0.423 e. The zero-order chi connectivity index (χ0) is 9.97. The van der Waals surface area contributed by atoms with E-state index in [1.807, 2.05) is 24.3 Å². The second-order valence-electron chi connectivity index (χ2n) is 2.64. The minimum atomic E-state index is 0.368. The highest BCUT2D eigenvalue weighted by Crippen LogP contribution is 2.20. The molecule has 0 saturated heterocycles. The number of halogens is 1. The Balaban J connectivity index is 2.19. The van der Waals surface area contributed by atoms with Gasteiger partial charge in [0.2, 0.25) is 0 Å². The summed E-state index contributed by atoms with van der Waals surface area (Å²) in [6.45, 7) is 0. The van der Waals surface area contributed by atoms with Crippen LogP contribution in [0.3, 0.4) is 0 Å². The molecule has 6 heteroatoms. The number of hydrogen-bond donors (Lipinski definition) is 0. The van der Waals surface area contributed by atoms with E-state index in [1.54, 1.807) is 7.05 Å². The van der Waals surface area contributed by atoms with Crippen LogP contribution < -0.4 is 4.74 Å². The molecule has 2 rings (SSSR count). The van der Waals surface area contributed by atoms with E-state index in [4.69, 9.17) is 4.74 Å². The van der Waals surface area contributed by atoms with Crippen molar-refractivity contribution in [3.05, 3.63) is 28.7 Å². The standard InChI is InChI=1S/C8H7BrN4O/c1-13-8(10-11-12-13)14-7-4-2-6(9)3-5-7/h2-5H,1H3. The molecular weight excluding hydrogens is 248 g/mol. The smallest absolute Gasteiger partial charge is 0.340 e. The Morgan fingerprint density at radius 2 is 2.00 bits per heavy atom. The topological polar surface area (TPSA) is 52.8 Å². The summed E-state index contributed by atoms with van der Waals surface area (Å²) in [7, 11) is 1.72. The maximum absolute atomic E-state index is 5.41. The monoisotopic (exact) mass is 254 g/mol. The molecule has 0 atom stereocenters. The summed E-state index contributed by atoms with van der Waals surface area (Å²) in [5.74, 6) is 0.700. The first-order valence-electron chi connectivity index (χ1n) is 3.91. The Morgan fingerprint density at radius 3 is 2.57 bits per heavy atom. The van der Waals surface area contributed by atoms with Crippen molar-refractivity contribution < 1.29 is 4.74 Å². The lowest BCUT2D eigenvalue weighted by atomic mass is 10.3. The van der Waals surface area contributed by atoms with Gasteiger partial charge in [-0.25, -0.2) is 0 Å². The van der Waals surface area contributed by atoms with Crippen LogP contribution in [-0.4, -0.2) is 20.2 Å². The highest BCUT2D eigenvalue weighted by Gasteiger charge is 2.03. The molecule has 0 unspecified atom stereocenters. The van der Waals surface area contributed by atoms with Crippen LogP contribution in [0.2, 0.25) is 0 Å². The van der Waals surface area contributed by atoms with Crippen LogP contribution in [0.15, 0.2) is 28.7 Å². The quantitative estimate of drug-likeness (QED) is 0.820. The summed E-state index contributed by atoms with van der Waals surface area (Å²) < 4.78 is 7.87. The summed E-state index contributed by atoms with van der Waals surface area (Å²) in [5, 5.41) is 10.8. The third kappa shape index (κ3) is 1.90. The summed E-state index contributed by atoms with van der Waals surface area (Å²) in [4.78, 5) is 0. The van der Waals surface area contributed by atoms with E-state index in [2.05, 4.69) is 31.5 Å². The van der Waals surface area contributed by atoms with E-state index >= 15 is 0 Å². The summed E-state index contributed by atoms with van der Waals surface area (Å²) in [6, 6.07) is 7.81. The van der Waals surface area contributed by atoms with E-state index in [0.29, 0.717) is 11.8 Å². The Hall–Kier alpha value is -1.43. The number of aromatic nitrogens is 4. The first kappa shape index (κ1) is 9.14. The molecular formula is C8H7BrN4O. The number of aryl methyl sites for hydroxylation is 1. The molecule has 1 aromatic carbocycles. The van der Waals surface area contributed by atoms with E-state index < -0.39 is 0 Å². The van der Waals surface area contributed by atoms with Gasteiger partial charge in [0.05, 0.1) is 0 Å².